The van der Waals surface area contributed by atoms with Crippen molar-refractivity contribution < 1.29 is 9.18 Å². The predicted molar refractivity (Wildman–Crippen MR) is 77.7 cm³/mol. The molecule has 5 nitrogen and oxygen atoms in total. The highest BCUT2D eigenvalue weighted by molar-refractivity contribution is 6.03. The lowest BCUT2D eigenvalue weighted by Gasteiger charge is -2.07. The summed E-state index contributed by atoms with van der Waals surface area (Å²) in [5, 5.41) is 10.4. The highest BCUT2D eigenvalue weighted by Crippen LogP contribution is 2.12. The molecule has 1 aromatic heterocycles. The van der Waals surface area contributed by atoms with Gasteiger partial charge in [-0.15, -0.1) is 10.2 Å². The molecule has 1 heterocycles. The molecule has 0 aliphatic rings. The first-order valence-corrected chi connectivity index (χ1v) is 6.85. The van der Waals surface area contributed by atoms with Gasteiger partial charge < -0.3 is 0 Å². The SMILES string of the molecule is CCc1nnc(NC(=O)c2ccc(C)cc2F)nc1CC. The largest absolute Gasteiger partial charge is 0.289 e. The van der Waals surface area contributed by atoms with E-state index in [1.165, 1.54) is 12.1 Å². The maximum atomic E-state index is 13.8. The molecule has 0 unspecified atom stereocenters. The molecular weight excluding hydrogens is 271 g/mol. The van der Waals surface area contributed by atoms with Gasteiger partial charge in [-0.3, -0.25) is 10.1 Å². The fraction of sp³-hybridized carbons (Fsp3) is 0.333. The summed E-state index contributed by atoms with van der Waals surface area (Å²) < 4.78 is 13.8. The number of aryl methyl sites for hydroxylation is 3. The van der Waals surface area contributed by atoms with Gasteiger partial charge in [0, 0.05) is 0 Å². The minimum absolute atomic E-state index is 0.0400. The van der Waals surface area contributed by atoms with Crippen molar-refractivity contribution in [3.05, 3.63) is 46.5 Å². The van der Waals surface area contributed by atoms with Crippen LogP contribution >= 0.6 is 0 Å². The number of hydrogen-bond acceptors (Lipinski definition) is 4. The van der Waals surface area contributed by atoms with E-state index in [-0.39, 0.29) is 11.5 Å². The molecule has 0 bridgehead atoms. The van der Waals surface area contributed by atoms with Crippen molar-refractivity contribution in [2.45, 2.75) is 33.6 Å². The van der Waals surface area contributed by atoms with E-state index in [9.17, 15) is 9.18 Å². The molecule has 1 aromatic carbocycles. The maximum absolute atomic E-state index is 13.8. The van der Waals surface area contributed by atoms with Crippen molar-refractivity contribution in [2.75, 3.05) is 5.32 Å². The van der Waals surface area contributed by atoms with E-state index in [0.29, 0.717) is 6.42 Å². The van der Waals surface area contributed by atoms with E-state index in [4.69, 9.17) is 0 Å². The Labute approximate surface area is 122 Å². The second-order valence-corrected chi connectivity index (χ2v) is 4.67. The first-order chi connectivity index (χ1) is 10.0. The van der Waals surface area contributed by atoms with Crippen molar-refractivity contribution >= 4 is 11.9 Å². The molecule has 2 aromatic rings. The van der Waals surface area contributed by atoms with Crippen LogP contribution in [0.15, 0.2) is 18.2 Å². The molecule has 110 valence electrons. The number of benzene rings is 1. The summed E-state index contributed by atoms with van der Waals surface area (Å²) in [6.07, 6.45) is 1.42. The number of aromatic nitrogens is 3. The molecule has 1 amide bonds. The zero-order chi connectivity index (χ0) is 15.4. The van der Waals surface area contributed by atoms with Crippen LogP contribution in [0, 0.1) is 12.7 Å². The maximum Gasteiger partial charge on any atom is 0.261 e. The van der Waals surface area contributed by atoms with Gasteiger partial charge in [0.15, 0.2) is 0 Å². The fourth-order valence-corrected chi connectivity index (χ4v) is 1.96. The summed E-state index contributed by atoms with van der Waals surface area (Å²) >= 11 is 0. The molecule has 0 saturated carbocycles. The Morgan fingerprint density at radius 3 is 2.52 bits per heavy atom. The summed E-state index contributed by atoms with van der Waals surface area (Å²) in [5.41, 5.74) is 2.30. The van der Waals surface area contributed by atoms with E-state index in [1.54, 1.807) is 13.0 Å². The normalized spacial score (nSPS) is 10.5. The lowest BCUT2D eigenvalue weighted by Crippen LogP contribution is -2.17. The fourth-order valence-electron chi connectivity index (χ4n) is 1.96. The van der Waals surface area contributed by atoms with E-state index in [1.807, 2.05) is 13.8 Å². The predicted octanol–water partition coefficient (Wildman–Crippen LogP) is 2.70. The van der Waals surface area contributed by atoms with Crippen LogP contribution in [0.4, 0.5) is 10.3 Å². The summed E-state index contributed by atoms with van der Waals surface area (Å²) in [6.45, 7) is 5.67. The Balaban J connectivity index is 2.23. The number of carbonyl (C=O) groups excluding carboxylic acids is 1. The minimum Gasteiger partial charge on any atom is -0.289 e. The molecule has 2 rings (SSSR count). The number of anilines is 1. The molecular formula is C15H17FN4O. The third kappa shape index (κ3) is 3.39. The van der Waals surface area contributed by atoms with Crippen molar-refractivity contribution in [3.63, 3.8) is 0 Å². The van der Waals surface area contributed by atoms with Crippen molar-refractivity contribution in [1.29, 1.82) is 0 Å². The van der Waals surface area contributed by atoms with Gasteiger partial charge in [0.2, 0.25) is 5.95 Å². The third-order valence-corrected chi connectivity index (χ3v) is 3.10. The quantitative estimate of drug-likeness (QED) is 0.939. The van der Waals surface area contributed by atoms with Crippen molar-refractivity contribution in [1.82, 2.24) is 15.2 Å². The highest BCUT2D eigenvalue weighted by atomic mass is 19.1. The van der Waals surface area contributed by atoms with Crippen molar-refractivity contribution in [2.24, 2.45) is 0 Å². The number of halogens is 1. The molecule has 0 radical (unpaired) electrons. The van der Waals surface area contributed by atoms with Crippen LogP contribution in [-0.2, 0) is 12.8 Å². The second-order valence-electron chi connectivity index (χ2n) is 4.67. The third-order valence-electron chi connectivity index (χ3n) is 3.10. The van der Waals surface area contributed by atoms with Crippen LogP contribution in [0.1, 0.15) is 41.2 Å². The second kappa shape index (κ2) is 6.39. The average Bonchev–Trinajstić information content (AvgIpc) is 2.46. The first-order valence-electron chi connectivity index (χ1n) is 6.85. The molecule has 0 saturated heterocycles. The molecule has 21 heavy (non-hydrogen) atoms. The molecule has 0 spiro atoms. The van der Waals surface area contributed by atoms with Gasteiger partial charge in [0.05, 0.1) is 17.0 Å². The van der Waals surface area contributed by atoms with E-state index < -0.39 is 11.7 Å². The van der Waals surface area contributed by atoms with Crippen LogP contribution in [0.3, 0.4) is 0 Å². The molecule has 0 fully saturated rings. The standard InChI is InChI=1S/C15H17FN4O/c1-4-12-13(5-2)19-20-15(17-12)18-14(21)10-7-6-9(3)8-11(10)16/h6-8H,4-5H2,1-3H3,(H,17,18,20,21). The number of hydrogen-bond donors (Lipinski definition) is 1. The summed E-state index contributed by atoms with van der Waals surface area (Å²) in [7, 11) is 0. The van der Waals surface area contributed by atoms with E-state index >= 15 is 0 Å². The van der Waals surface area contributed by atoms with Gasteiger partial charge in [-0.1, -0.05) is 19.9 Å². The topological polar surface area (TPSA) is 67.8 Å². The average molecular weight is 288 g/mol. The van der Waals surface area contributed by atoms with Crippen LogP contribution in [0.5, 0.6) is 0 Å². The molecule has 0 aliphatic heterocycles. The van der Waals surface area contributed by atoms with E-state index in [0.717, 1.165) is 23.4 Å². The number of carbonyl (C=O) groups is 1. The first kappa shape index (κ1) is 15.0. The lowest BCUT2D eigenvalue weighted by atomic mass is 10.1. The van der Waals surface area contributed by atoms with Gasteiger partial charge in [0.1, 0.15) is 5.82 Å². The van der Waals surface area contributed by atoms with Gasteiger partial charge in [-0.25, -0.2) is 9.37 Å². The number of nitrogens with one attached hydrogen (secondary N) is 1. The smallest absolute Gasteiger partial charge is 0.261 e. The summed E-state index contributed by atoms with van der Waals surface area (Å²) in [4.78, 5) is 16.3. The van der Waals surface area contributed by atoms with Crippen LogP contribution in [0.2, 0.25) is 0 Å². The van der Waals surface area contributed by atoms with Gasteiger partial charge in [-0.05, 0) is 37.5 Å². The minimum atomic E-state index is -0.583. The monoisotopic (exact) mass is 288 g/mol. The Morgan fingerprint density at radius 1 is 1.19 bits per heavy atom. The van der Waals surface area contributed by atoms with Crippen LogP contribution < -0.4 is 5.32 Å². The Bertz CT molecular complexity index is 673. The molecule has 6 heteroatoms. The Kier molecular flexibility index (Phi) is 4.57. The molecule has 1 N–H and O–H groups in total. The van der Waals surface area contributed by atoms with Crippen LogP contribution in [0.25, 0.3) is 0 Å². The zero-order valence-corrected chi connectivity index (χ0v) is 12.3. The van der Waals surface area contributed by atoms with Gasteiger partial charge in [-0.2, -0.15) is 0 Å². The zero-order valence-electron chi connectivity index (χ0n) is 12.3. The molecule has 0 aliphatic carbocycles. The summed E-state index contributed by atoms with van der Waals surface area (Å²) in [5.74, 6) is -1.06. The lowest BCUT2D eigenvalue weighted by molar-refractivity contribution is 0.102. The number of nitrogens with zero attached hydrogens (tertiary/aromatic N) is 3. The Hall–Kier alpha value is -2.37. The number of rotatable bonds is 4. The van der Waals surface area contributed by atoms with Gasteiger partial charge >= 0.3 is 0 Å². The summed E-state index contributed by atoms with van der Waals surface area (Å²) in [6, 6.07) is 4.43. The van der Waals surface area contributed by atoms with Crippen molar-refractivity contribution in [3.8, 4) is 0 Å². The highest BCUT2D eigenvalue weighted by Gasteiger charge is 2.14. The van der Waals surface area contributed by atoms with E-state index in [2.05, 4.69) is 20.5 Å². The Morgan fingerprint density at radius 2 is 1.90 bits per heavy atom. The van der Waals surface area contributed by atoms with Crippen LogP contribution in [-0.4, -0.2) is 21.1 Å². The number of amides is 1. The molecule has 0 atom stereocenters. The van der Waals surface area contributed by atoms with Gasteiger partial charge in [0.25, 0.3) is 5.91 Å².